The molecule has 0 spiro atoms. The SMILES string of the molecule is CCOc1ccc(C(C)=O)cc1Cn1cnc2oc(C)c(C(=O)O)c2c1=O. The van der Waals surface area contributed by atoms with Gasteiger partial charge in [0.2, 0.25) is 5.71 Å². The van der Waals surface area contributed by atoms with Crippen LogP contribution in [-0.4, -0.2) is 33.0 Å². The van der Waals surface area contributed by atoms with Gasteiger partial charge in [-0.15, -0.1) is 0 Å². The Bertz CT molecular complexity index is 1110. The molecule has 140 valence electrons. The predicted octanol–water partition coefficient (Wildman–Crippen LogP) is 2.65. The van der Waals surface area contributed by atoms with Crippen molar-refractivity contribution in [3.63, 3.8) is 0 Å². The molecule has 0 fully saturated rings. The van der Waals surface area contributed by atoms with Crippen molar-refractivity contribution < 1.29 is 23.8 Å². The summed E-state index contributed by atoms with van der Waals surface area (Å²) in [5.41, 5.74) is 0.351. The van der Waals surface area contributed by atoms with Crippen LogP contribution in [0.5, 0.6) is 5.75 Å². The number of ether oxygens (including phenoxy) is 1. The molecule has 0 saturated carbocycles. The fourth-order valence-corrected chi connectivity index (χ4v) is 2.91. The monoisotopic (exact) mass is 370 g/mol. The molecule has 0 aliphatic carbocycles. The summed E-state index contributed by atoms with van der Waals surface area (Å²) < 4.78 is 12.1. The Morgan fingerprint density at radius 3 is 2.70 bits per heavy atom. The van der Waals surface area contributed by atoms with Crippen LogP contribution in [0.2, 0.25) is 0 Å². The van der Waals surface area contributed by atoms with Gasteiger partial charge < -0.3 is 14.3 Å². The van der Waals surface area contributed by atoms with Gasteiger partial charge in [-0.3, -0.25) is 14.2 Å². The number of carbonyl (C=O) groups excluding carboxylic acids is 1. The largest absolute Gasteiger partial charge is 0.494 e. The Labute approximate surface area is 154 Å². The second-order valence-corrected chi connectivity index (χ2v) is 6.01. The fraction of sp³-hybridized carbons (Fsp3) is 0.263. The smallest absolute Gasteiger partial charge is 0.340 e. The van der Waals surface area contributed by atoms with Gasteiger partial charge in [-0.25, -0.2) is 9.78 Å². The third-order valence-electron chi connectivity index (χ3n) is 4.18. The predicted molar refractivity (Wildman–Crippen MR) is 96.7 cm³/mol. The molecular weight excluding hydrogens is 352 g/mol. The average Bonchev–Trinajstić information content (AvgIpc) is 2.96. The highest BCUT2D eigenvalue weighted by atomic mass is 16.5. The molecule has 0 unspecified atom stereocenters. The third-order valence-corrected chi connectivity index (χ3v) is 4.18. The van der Waals surface area contributed by atoms with E-state index in [1.807, 2.05) is 6.92 Å². The molecule has 8 nitrogen and oxygen atoms in total. The highest BCUT2D eigenvalue weighted by Gasteiger charge is 2.22. The highest BCUT2D eigenvalue weighted by molar-refractivity contribution is 6.02. The molecule has 0 saturated heterocycles. The molecule has 2 aromatic heterocycles. The van der Waals surface area contributed by atoms with E-state index in [1.165, 1.54) is 24.7 Å². The number of aromatic nitrogens is 2. The van der Waals surface area contributed by atoms with Gasteiger partial charge in [0.05, 0.1) is 13.2 Å². The number of fused-ring (bicyclic) bond motifs is 1. The summed E-state index contributed by atoms with van der Waals surface area (Å²) in [6.07, 6.45) is 1.29. The zero-order valence-corrected chi connectivity index (χ0v) is 15.1. The highest BCUT2D eigenvalue weighted by Crippen LogP contribution is 2.23. The Hall–Kier alpha value is -3.42. The number of nitrogens with zero attached hydrogens (tertiary/aromatic N) is 2. The molecule has 0 amide bonds. The van der Waals surface area contributed by atoms with Gasteiger partial charge in [-0.05, 0) is 39.0 Å². The maximum Gasteiger partial charge on any atom is 0.340 e. The lowest BCUT2D eigenvalue weighted by atomic mass is 10.1. The molecule has 0 radical (unpaired) electrons. The Balaban J connectivity index is 2.14. The van der Waals surface area contributed by atoms with Crippen LogP contribution in [0, 0.1) is 6.92 Å². The summed E-state index contributed by atoms with van der Waals surface area (Å²) in [6, 6.07) is 4.99. The molecule has 2 heterocycles. The Morgan fingerprint density at radius 2 is 2.07 bits per heavy atom. The van der Waals surface area contributed by atoms with E-state index in [1.54, 1.807) is 18.2 Å². The van der Waals surface area contributed by atoms with Crippen molar-refractivity contribution in [1.82, 2.24) is 9.55 Å². The molecule has 0 aliphatic heterocycles. The summed E-state index contributed by atoms with van der Waals surface area (Å²) in [6.45, 7) is 5.24. The van der Waals surface area contributed by atoms with Crippen LogP contribution in [0.4, 0.5) is 0 Å². The van der Waals surface area contributed by atoms with Crippen molar-refractivity contribution in [3.8, 4) is 5.75 Å². The van der Waals surface area contributed by atoms with Crippen LogP contribution in [0.1, 0.15) is 45.9 Å². The second kappa shape index (κ2) is 7.06. The maximum absolute atomic E-state index is 12.9. The van der Waals surface area contributed by atoms with Crippen molar-refractivity contribution in [2.24, 2.45) is 0 Å². The molecule has 0 bridgehead atoms. The fourth-order valence-electron chi connectivity index (χ4n) is 2.91. The zero-order valence-electron chi connectivity index (χ0n) is 15.1. The lowest BCUT2D eigenvalue weighted by Crippen LogP contribution is -2.22. The van der Waals surface area contributed by atoms with Gasteiger partial charge in [0.1, 0.15) is 28.8 Å². The average molecular weight is 370 g/mol. The lowest BCUT2D eigenvalue weighted by molar-refractivity contribution is 0.0696. The van der Waals surface area contributed by atoms with Crippen molar-refractivity contribution in [2.45, 2.75) is 27.3 Å². The number of ketones is 1. The van der Waals surface area contributed by atoms with Crippen LogP contribution in [-0.2, 0) is 6.54 Å². The van der Waals surface area contributed by atoms with E-state index in [9.17, 15) is 19.5 Å². The summed E-state index contributed by atoms with van der Waals surface area (Å²) in [7, 11) is 0. The molecule has 1 aromatic carbocycles. The maximum atomic E-state index is 12.9. The minimum Gasteiger partial charge on any atom is -0.494 e. The molecular formula is C19H18N2O6. The molecule has 0 aliphatic rings. The normalized spacial score (nSPS) is 10.9. The number of carboxylic acid groups (broad SMARTS) is 1. The molecule has 3 rings (SSSR count). The van der Waals surface area contributed by atoms with Crippen LogP contribution in [0.25, 0.3) is 11.1 Å². The first-order chi connectivity index (χ1) is 12.8. The number of aromatic carboxylic acids is 1. The van der Waals surface area contributed by atoms with E-state index < -0.39 is 11.5 Å². The van der Waals surface area contributed by atoms with E-state index >= 15 is 0 Å². The van der Waals surface area contributed by atoms with E-state index in [0.717, 1.165) is 0 Å². The summed E-state index contributed by atoms with van der Waals surface area (Å²) in [5, 5.41) is 9.30. The van der Waals surface area contributed by atoms with E-state index in [4.69, 9.17) is 9.15 Å². The number of aryl methyl sites for hydroxylation is 1. The van der Waals surface area contributed by atoms with Gasteiger partial charge in [0.25, 0.3) is 5.56 Å². The topological polar surface area (TPSA) is 112 Å². The first kappa shape index (κ1) is 18.4. The zero-order chi connectivity index (χ0) is 19.7. The number of furan rings is 1. The van der Waals surface area contributed by atoms with Crippen LogP contribution < -0.4 is 10.3 Å². The van der Waals surface area contributed by atoms with Crippen molar-refractivity contribution in [2.75, 3.05) is 6.61 Å². The molecule has 3 aromatic rings. The lowest BCUT2D eigenvalue weighted by Gasteiger charge is -2.12. The minimum absolute atomic E-state index is 0.0198. The number of carboxylic acids is 1. The minimum atomic E-state index is -1.25. The van der Waals surface area contributed by atoms with Gasteiger partial charge in [0, 0.05) is 11.1 Å². The molecule has 8 heteroatoms. The van der Waals surface area contributed by atoms with E-state index in [-0.39, 0.29) is 34.8 Å². The summed E-state index contributed by atoms with van der Waals surface area (Å²) >= 11 is 0. The number of hydrogen-bond acceptors (Lipinski definition) is 6. The molecule has 0 atom stereocenters. The summed E-state index contributed by atoms with van der Waals surface area (Å²) in [5.74, 6) is -0.708. The number of benzene rings is 1. The van der Waals surface area contributed by atoms with Gasteiger partial charge >= 0.3 is 5.97 Å². The number of hydrogen-bond donors (Lipinski definition) is 1. The van der Waals surface area contributed by atoms with Crippen LogP contribution >= 0.6 is 0 Å². The first-order valence-electron chi connectivity index (χ1n) is 8.32. The third kappa shape index (κ3) is 3.33. The van der Waals surface area contributed by atoms with Crippen LogP contribution in [0.3, 0.4) is 0 Å². The first-order valence-corrected chi connectivity index (χ1v) is 8.32. The molecule has 27 heavy (non-hydrogen) atoms. The molecule has 1 N–H and O–H groups in total. The quantitative estimate of drug-likeness (QED) is 0.664. The van der Waals surface area contributed by atoms with Gasteiger partial charge in [-0.1, -0.05) is 0 Å². The van der Waals surface area contributed by atoms with Crippen molar-refractivity contribution >= 4 is 22.9 Å². The van der Waals surface area contributed by atoms with E-state index in [2.05, 4.69) is 4.98 Å². The standard InChI is InChI=1S/C19H18N2O6/c1-4-26-14-6-5-12(10(2)22)7-13(14)8-21-9-20-17-16(18(21)23)15(19(24)25)11(3)27-17/h5-7,9H,4,8H2,1-3H3,(H,24,25). The number of Topliss-reactive ketones (excluding diaryl/α,β-unsaturated/α-hetero) is 1. The second-order valence-electron chi connectivity index (χ2n) is 6.01. The van der Waals surface area contributed by atoms with Crippen molar-refractivity contribution in [3.05, 3.63) is 57.3 Å². The van der Waals surface area contributed by atoms with Crippen LogP contribution in [0.15, 0.2) is 33.7 Å². The Kier molecular flexibility index (Phi) is 4.81. The van der Waals surface area contributed by atoms with Gasteiger partial charge in [-0.2, -0.15) is 0 Å². The van der Waals surface area contributed by atoms with E-state index in [0.29, 0.717) is 23.5 Å². The number of rotatable bonds is 6. The Morgan fingerprint density at radius 1 is 1.33 bits per heavy atom. The summed E-state index contributed by atoms with van der Waals surface area (Å²) in [4.78, 5) is 40.1. The van der Waals surface area contributed by atoms with Crippen molar-refractivity contribution in [1.29, 1.82) is 0 Å². The number of carbonyl (C=O) groups is 2. The van der Waals surface area contributed by atoms with Gasteiger partial charge in [0.15, 0.2) is 5.78 Å².